The molecule has 0 radical (unpaired) electrons. The first-order valence-electron chi connectivity index (χ1n) is 5.72. The molecule has 1 aromatic carbocycles. The zero-order chi connectivity index (χ0) is 12.6. The molecule has 0 aliphatic heterocycles. The molecule has 0 unspecified atom stereocenters. The highest BCUT2D eigenvalue weighted by atomic mass is 79.9. The predicted molar refractivity (Wildman–Crippen MR) is 76.3 cm³/mol. The molecule has 3 heteroatoms. The summed E-state index contributed by atoms with van der Waals surface area (Å²) in [5, 5.41) is 1.16. The molecule has 0 aliphatic rings. The van der Waals surface area contributed by atoms with Crippen molar-refractivity contribution in [3.63, 3.8) is 0 Å². The number of halogens is 1. The Bertz CT molecular complexity index is 561. The van der Waals surface area contributed by atoms with Gasteiger partial charge in [-0.15, -0.1) is 0 Å². The number of para-hydroxylation sites is 1. The zero-order valence-electron chi connectivity index (χ0n) is 10.4. The summed E-state index contributed by atoms with van der Waals surface area (Å²) in [5.41, 5.74) is 9.04. The number of aryl methyl sites for hydroxylation is 1. The van der Waals surface area contributed by atoms with E-state index < -0.39 is 0 Å². The van der Waals surface area contributed by atoms with Gasteiger partial charge in [0.2, 0.25) is 0 Å². The smallest absolute Gasteiger partial charge is 0.0847 e. The van der Waals surface area contributed by atoms with Crippen molar-refractivity contribution in [3.05, 3.63) is 40.0 Å². The van der Waals surface area contributed by atoms with E-state index in [4.69, 9.17) is 10.7 Å². The highest BCUT2D eigenvalue weighted by Crippen LogP contribution is 2.29. The normalized spacial score (nSPS) is 12.1. The van der Waals surface area contributed by atoms with Gasteiger partial charge in [0.05, 0.1) is 11.2 Å². The summed E-state index contributed by atoms with van der Waals surface area (Å²) in [7, 11) is 0. The molecule has 2 rings (SSSR count). The van der Waals surface area contributed by atoms with Crippen molar-refractivity contribution in [2.24, 2.45) is 5.73 Å². The molecule has 2 nitrogen and oxygen atoms in total. The van der Waals surface area contributed by atoms with Crippen molar-refractivity contribution >= 4 is 26.8 Å². The van der Waals surface area contributed by atoms with Crippen molar-refractivity contribution in [2.45, 2.75) is 26.2 Å². The third-order valence-electron chi connectivity index (χ3n) is 3.14. The molecule has 0 saturated heterocycles. The van der Waals surface area contributed by atoms with Gasteiger partial charge in [-0.2, -0.15) is 0 Å². The van der Waals surface area contributed by atoms with E-state index >= 15 is 0 Å². The van der Waals surface area contributed by atoms with E-state index in [9.17, 15) is 0 Å². The molecule has 0 amide bonds. The van der Waals surface area contributed by atoms with Crippen LogP contribution in [0.4, 0.5) is 0 Å². The second-order valence-corrected chi connectivity index (χ2v) is 5.91. The largest absolute Gasteiger partial charge is 0.330 e. The van der Waals surface area contributed by atoms with Gasteiger partial charge in [-0.05, 0) is 40.5 Å². The summed E-state index contributed by atoms with van der Waals surface area (Å²) in [6.45, 7) is 6.95. The maximum absolute atomic E-state index is 5.84. The molecule has 0 aliphatic carbocycles. The summed E-state index contributed by atoms with van der Waals surface area (Å²) in [6.07, 6.45) is 0. The predicted octanol–water partition coefficient (Wildman–Crippen LogP) is 3.54. The minimum absolute atomic E-state index is 0.0897. The first-order valence-corrected chi connectivity index (χ1v) is 6.51. The Hall–Kier alpha value is -0.930. The second kappa shape index (κ2) is 4.39. The zero-order valence-corrected chi connectivity index (χ0v) is 12.0. The van der Waals surface area contributed by atoms with Crippen LogP contribution in [0, 0.1) is 6.92 Å². The Labute approximate surface area is 110 Å². The second-order valence-electron chi connectivity index (χ2n) is 5.05. The van der Waals surface area contributed by atoms with Gasteiger partial charge >= 0.3 is 0 Å². The van der Waals surface area contributed by atoms with Gasteiger partial charge in [0.15, 0.2) is 0 Å². The fraction of sp³-hybridized carbons (Fsp3) is 0.357. The van der Waals surface area contributed by atoms with Crippen molar-refractivity contribution in [1.29, 1.82) is 0 Å². The lowest BCUT2D eigenvalue weighted by Crippen LogP contribution is -2.30. The van der Waals surface area contributed by atoms with Gasteiger partial charge in [-0.25, -0.2) is 0 Å². The number of pyridine rings is 1. The van der Waals surface area contributed by atoms with Crippen LogP contribution in [-0.4, -0.2) is 11.5 Å². The number of fused-ring (bicyclic) bond motifs is 1. The van der Waals surface area contributed by atoms with Crippen molar-refractivity contribution in [1.82, 2.24) is 4.98 Å². The molecule has 0 atom stereocenters. The van der Waals surface area contributed by atoms with E-state index in [-0.39, 0.29) is 5.41 Å². The molecule has 2 N–H and O–H groups in total. The molecule has 1 aromatic heterocycles. The van der Waals surface area contributed by atoms with Crippen LogP contribution < -0.4 is 5.73 Å². The van der Waals surface area contributed by atoms with Gasteiger partial charge in [0.25, 0.3) is 0 Å². The van der Waals surface area contributed by atoms with E-state index in [1.807, 2.05) is 12.1 Å². The summed E-state index contributed by atoms with van der Waals surface area (Å²) in [5.74, 6) is 0. The maximum Gasteiger partial charge on any atom is 0.0847 e. The summed E-state index contributed by atoms with van der Waals surface area (Å²) >= 11 is 3.55. The minimum Gasteiger partial charge on any atom is -0.330 e. The fourth-order valence-electron chi connectivity index (χ4n) is 2.05. The third kappa shape index (κ3) is 2.22. The summed E-state index contributed by atoms with van der Waals surface area (Å²) < 4.78 is 1.03. The van der Waals surface area contributed by atoms with Crippen LogP contribution in [0.15, 0.2) is 28.7 Å². The van der Waals surface area contributed by atoms with Crippen LogP contribution in [0.5, 0.6) is 0 Å². The van der Waals surface area contributed by atoms with Crippen LogP contribution in [0.2, 0.25) is 0 Å². The highest BCUT2D eigenvalue weighted by molar-refractivity contribution is 9.10. The van der Waals surface area contributed by atoms with E-state index in [1.165, 1.54) is 5.56 Å². The molecule has 0 bridgehead atoms. The van der Waals surface area contributed by atoms with Gasteiger partial charge in [0.1, 0.15) is 0 Å². The average molecular weight is 293 g/mol. The Balaban J connectivity index is 2.74. The molecule has 0 saturated carbocycles. The molecule has 1 heterocycles. The number of aromatic nitrogens is 1. The van der Waals surface area contributed by atoms with Crippen LogP contribution in [0.1, 0.15) is 25.1 Å². The number of nitrogens with zero attached hydrogens (tertiary/aromatic N) is 1. The minimum atomic E-state index is -0.0897. The topological polar surface area (TPSA) is 38.9 Å². The van der Waals surface area contributed by atoms with E-state index in [0.717, 1.165) is 21.1 Å². The number of hydrogen-bond acceptors (Lipinski definition) is 2. The van der Waals surface area contributed by atoms with Crippen molar-refractivity contribution in [3.8, 4) is 0 Å². The quantitative estimate of drug-likeness (QED) is 0.919. The lowest BCUT2D eigenvalue weighted by Gasteiger charge is -2.24. The van der Waals surface area contributed by atoms with Crippen molar-refractivity contribution < 1.29 is 0 Å². The van der Waals surface area contributed by atoms with Gasteiger partial charge in [-0.3, -0.25) is 4.98 Å². The monoisotopic (exact) mass is 292 g/mol. The molecule has 90 valence electrons. The number of nitrogens with two attached hydrogens (primary N) is 1. The first-order chi connectivity index (χ1) is 7.95. The molecular weight excluding hydrogens is 276 g/mol. The van der Waals surface area contributed by atoms with Gasteiger partial charge in [-0.1, -0.05) is 26.0 Å². The van der Waals surface area contributed by atoms with Crippen LogP contribution in [0.25, 0.3) is 10.9 Å². The Morgan fingerprint density at radius 2 is 2.06 bits per heavy atom. The highest BCUT2D eigenvalue weighted by Gasteiger charge is 2.23. The van der Waals surface area contributed by atoms with Crippen LogP contribution in [0.3, 0.4) is 0 Å². The van der Waals surface area contributed by atoms with E-state index in [0.29, 0.717) is 6.54 Å². The average Bonchev–Trinajstić information content (AvgIpc) is 2.28. The number of rotatable bonds is 2. The maximum atomic E-state index is 5.84. The Morgan fingerprint density at radius 1 is 1.35 bits per heavy atom. The molecule has 0 fully saturated rings. The van der Waals surface area contributed by atoms with Crippen LogP contribution in [-0.2, 0) is 5.41 Å². The standard InChI is InChI=1S/C14H17BrN2/c1-9-7-10-5-4-6-11(15)12(10)17-13(9)14(2,3)8-16/h4-7H,8,16H2,1-3H3. The third-order valence-corrected chi connectivity index (χ3v) is 3.78. The SMILES string of the molecule is Cc1cc2cccc(Br)c2nc1C(C)(C)CN. The van der Waals surface area contributed by atoms with E-state index in [2.05, 4.69) is 48.8 Å². The Kier molecular flexibility index (Phi) is 3.23. The lowest BCUT2D eigenvalue weighted by molar-refractivity contribution is 0.520. The summed E-state index contributed by atoms with van der Waals surface area (Å²) in [6, 6.07) is 8.31. The number of hydrogen-bond donors (Lipinski definition) is 1. The summed E-state index contributed by atoms with van der Waals surface area (Å²) in [4.78, 5) is 4.79. The Morgan fingerprint density at radius 3 is 2.71 bits per heavy atom. The van der Waals surface area contributed by atoms with Crippen LogP contribution >= 0.6 is 15.9 Å². The van der Waals surface area contributed by atoms with Gasteiger partial charge in [0, 0.05) is 21.8 Å². The number of benzene rings is 1. The van der Waals surface area contributed by atoms with Crippen molar-refractivity contribution in [2.75, 3.05) is 6.54 Å². The molecule has 0 spiro atoms. The van der Waals surface area contributed by atoms with E-state index in [1.54, 1.807) is 0 Å². The molecular formula is C14H17BrN2. The molecule has 2 aromatic rings. The fourth-order valence-corrected chi connectivity index (χ4v) is 2.52. The lowest BCUT2D eigenvalue weighted by atomic mass is 9.86. The van der Waals surface area contributed by atoms with Gasteiger partial charge < -0.3 is 5.73 Å². The first kappa shape index (κ1) is 12.5. The molecule has 17 heavy (non-hydrogen) atoms.